The molecule has 2 nitrogen and oxygen atoms in total. The number of ether oxygens (including phenoxy) is 1. The Kier molecular flexibility index (Phi) is 3.48. The molecule has 1 saturated heterocycles. The summed E-state index contributed by atoms with van der Waals surface area (Å²) in [7, 11) is 3.81. The molecular weight excluding hydrogens is 198 g/mol. The summed E-state index contributed by atoms with van der Waals surface area (Å²) in [6.07, 6.45) is 2.46. The minimum absolute atomic E-state index is 0.433. The predicted molar refractivity (Wildman–Crippen MR) is 65.5 cm³/mol. The number of methoxy groups -OCH3 is 1. The third-order valence-corrected chi connectivity index (χ3v) is 2.99. The van der Waals surface area contributed by atoms with Crippen LogP contribution < -0.4 is 4.74 Å². The Morgan fingerprint density at radius 3 is 2.62 bits per heavy atom. The Bertz CT molecular complexity index is 399. The second-order valence-corrected chi connectivity index (χ2v) is 4.14. The number of likely N-dealkylation sites (tertiary alicyclic amines) is 1. The monoisotopic (exact) mass is 215 g/mol. The average molecular weight is 215 g/mol. The Morgan fingerprint density at radius 2 is 2.06 bits per heavy atom. The molecule has 0 aromatic heterocycles. The molecule has 1 atom stereocenters. The molecule has 16 heavy (non-hydrogen) atoms. The van der Waals surface area contributed by atoms with Crippen molar-refractivity contribution in [2.24, 2.45) is 0 Å². The molecule has 1 aliphatic rings. The van der Waals surface area contributed by atoms with Crippen LogP contribution in [0.1, 0.15) is 18.4 Å². The second kappa shape index (κ2) is 5.05. The number of hydrogen-bond acceptors (Lipinski definition) is 2. The molecule has 1 fully saturated rings. The van der Waals surface area contributed by atoms with Crippen LogP contribution in [0, 0.1) is 11.8 Å². The highest BCUT2D eigenvalue weighted by Crippen LogP contribution is 2.14. The van der Waals surface area contributed by atoms with Crippen LogP contribution in [0.3, 0.4) is 0 Å². The zero-order valence-electron chi connectivity index (χ0n) is 9.86. The zero-order valence-corrected chi connectivity index (χ0v) is 9.86. The van der Waals surface area contributed by atoms with Gasteiger partial charge in [-0.05, 0) is 50.7 Å². The van der Waals surface area contributed by atoms with Crippen LogP contribution in [0.25, 0.3) is 0 Å². The van der Waals surface area contributed by atoms with E-state index in [1.54, 1.807) is 7.11 Å². The highest BCUT2D eigenvalue weighted by atomic mass is 16.5. The highest BCUT2D eigenvalue weighted by molar-refractivity contribution is 5.39. The average Bonchev–Trinajstić information content (AvgIpc) is 2.73. The number of nitrogens with zero attached hydrogens (tertiary/aromatic N) is 1. The standard InChI is InChI=1S/C14H17NO/c1-15-11-3-4-13(15)8-5-12-6-9-14(16-2)10-7-12/h6-7,9-10,13H,3-4,11H2,1-2H3. The molecule has 84 valence electrons. The molecule has 1 aromatic carbocycles. The molecular formula is C14H17NO. The summed E-state index contributed by atoms with van der Waals surface area (Å²) in [6, 6.07) is 8.33. The van der Waals surface area contributed by atoms with Gasteiger partial charge in [-0.25, -0.2) is 0 Å². The van der Waals surface area contributed by atoms with Crippen LogP contribution in [-0.4, -0.2) is 31.6 Å². The van der Waals surface area contributed by atoms with Crippen LogP contribution >= 0.6 is 0 Å². The summed E-state index contributed by atoms with van der Waals surface area (Å²) in [5.41, 5.74) is 1.06. The van der Waals surface area contributed by atoms with Crippen molar-refractivity contribution in [3.63, 3.8) is 0 Å². The fraction of sp³-hybridized carbons (Fsp3) is 0.429. The summed E-state index contributed by atoms with van der Waals surface area (Å²) in [5, 5.41) is 0. The van der Waals surface area contributed by atoms with Crippen molar-refractivity contribution in [2.45, 2.75) is 18.9 Å². The second-order valence-electron chi connectivity index (χ2n) is 4.14. The van der Waals surface area contributed by atoms with Gasteiger partial charge in [-0.1, -0.05) is 11.8 Å². The number of rotatable bonds is 1. The minimum atomic E-state index is 0.433. The normalized spacial score (nSPS) is 20.2. The van der Waals surface area contributed by atoms with Crippen molar-refractivity contribution < 1.29 is 4.74 Å². The number of hydrogen-bond donors (Lipinski definition) is 0. The van der Waals surface area contributed by atoms with Gasteiger partial charge in [-0.3, -0.25) is 4.90 Å². The van der Waals surface area contributed by atoms with Crippen molar-refractivity contribution >= 4 is 0 Å². The van der Waals surface area contributed by atoms with E-state index in [1.165, 1.54) is 19.4 Å². The van der Waals surface area contributed by atoms with Gasteiger partial charge in [-0.2, -0.15) is 0 Å². The van der Waals surface area contributed by atoms with Gasteiger partial charge >= 0.3 is 0 Å². The molecule has 0 N–H and O–H groups in total. The predicted octanol–water partition coefficient (Wildman–Crippen LogP) is 2.14. The van der Waals surface area contributed by atoms with Gasteiger partial charge in [0.15, 0.2) is 0 Å². The molecule has 1 aliphatic heterocycles. The van der Waals surface area contributed by atoms with Crippen molar-refractivity contribution in [3.05, 3.63) is 29.8 Å². The van der Waals surface area contributed by atoms with Crippen molar-refractivity contribution in [1.29, 1.82) is 0 Å². The molecule has 2 rings (SSSR count). The van der Waals surface area contributed by atoms with E-state index in [2.05, 4.69) is 23.8 Å². The first kappa shape index (κ1) is 11.0. The smallest absolute Gasteiger partial charge is 0.118 e. The maximum absolute atomic E-state index is 5.11. The first-order valence-electron chi connectivity index (χ1n) is 5.65. The molecule has 1 heterocycles. The van der Waals surface area contributed by atoms with E-state index in [0.717, 1.165) is 11.3 Å². The quantitative estimate of drug-likeness (QED) is 0.665. The van der Waals surface area contributed by atoms with E-state index < -0.39 is 0 Å². The van der Waals surface area contributed by atoms with E-state index >= 15 is 0 Å². The van der Waals surface area contributed by atoms with E-state index in [4.69, 9.17) is 4.74 Å². The SMILES string of the molecule is COc1ccc(C#CC2CCCN2C)cc1. The Balaban J connectivity index is 2.05. The maximum Gasteiger partial charge on any atom is 0.118 e. The van der Waals surface area contributed by atoms with Crippen molar-refractivity contribution in [1.82, 2.24) is 4.90 Å². The molecule has 2 heteroatoms. The van der Waals surface area contributed by atoms with Crippen molar-refractivity contribution in [2.75, 3.05) is 20.7 Å². The first-order chi connectivity index (χ1) is 7.79. The Hall–Kier alpha value is -1.46. The van der Waals surface area contributed by atoms with Gasteiger partial charge in [-0.15, -0.1) is 0 Å². The van der Waals surface area contributed by atoms with Crippen LogP contribution in [0.5, 0.6) is 5.75 Å². The fourth-order valence-electron chi connectivity index (χ4n) is 1.93. The Morgan fingerprint density at radius 1 is 1.31 bits per heavy atom. The van der Waals surface area contributed by atoms with Crippen LogP contribution in [0.2, 0.25) is 0 Å². The fourth-order valence-corrected chi connectivity index (χ4v) is 1.93. The number of benzene rings is 1. The molecule has 1 unspecified atom stereocenters. The lowest BCUT2D eigenvalue weighted by Crippen LogP contribution is -2.22. The zero-order chi connectivity index (χ0) is 11.4. The maximum atomic E-state index is 5.11. The Labute approximate surface area is 97.2 Å². The summed E-state index contributed by atoms with van der Waals surface area (Å²) >= 11 is 0. The van der Waals surface area contributed by atoms with Gasteiger partial charge in [0.1, 0.15) is 5.75 Å². The lowest BCUT2D eigenvalue weighted by molar-refractivity contribution is 0.365. The molecule has 0 spiro atoms. The van der Waals surface area contributed by atoms with Crippen molar-refractivity contribution in [3.8, 4) is 17.6 Å². The van der Waals surface area contributed by atoms with E-state index in [9.17, 15) is 0 Å². The minimum Gasteiger partial charge on any atom is -0.497 e. The van der Waals surface area contributed by atoms with Crippen LogP contribution in [0.15, 0.2) is 24.3 Å². The topological polar surface area (TPSA) is 12.5 Å². The van der Waals surface area contributed by atoms with Gasteiger partial charge in [0.05, 0.1) is 13.2 Å². The molecule has 1 aromatic rings. The van der Waals surface area contributed by atoms with Gasteiger partial charge in [0.25, 0.3) is 0 Å². The van der Waals surface area contributed by atoms with E-state index in [1.807, 2.05) is 24.3 Å². The van der Waals surface area contributed by atoms with E-state index in [0.29, 0.717) is 6.04 Å². The summed E-state index contributed by atoms with van der Waals surface area (Å²) in [5.74, 6) is 7.42. The lowest BCUT2D eigenvalue weighted by Gasteiger charge is -2.12. The van der Waals surface area contributed by atoms with Crippen LogP contribution in [0.4, 0.5) is 0 Å². The van der Waals surface area contributed by atoms with Gasteiger partial charge in [0, 0.05) is 5.56 Å². The molecule has 0 amide bonds. The summed E-state index contributed by atoms with van der Waals surface area (Å²) < 4.78 is 5.11. The summed E-state index contributed by atoms with van der Waals surface area (Å²) in [6.45, 7) is 1.17. The van der Waals surface area contributed by atoms with Gasteiger partial charge < -0.3 is 4.74 Å². The summed E-state index contributed by atoms with van der Waals surface area (Å²) in [4.78, 5) is 2.32. The first-order valence-corrected chi connectivity index (χ1v) is 5.65. The van der Waals surface area contributed by atoms with Crippen LogP contribution in [-0.2, 0) is 0 Å². The molecule has 0 bridgehead atoms. The van der Waals surface area contributed by atoms with Gasteiger partial charge in [0.2, 0.25) is 0 Å². The third-order valence-electron chi connectivity index (χ3n) is 2.99. The largest absolute Gasteiger partial charge is 0.497 e. The van der Waals surface area contributed by atoms with E-state index in [-0.39, 0.29) is 0 Å². The molecule has 0 radical (unpaired) electrons. The highest BCUT2D eigenvalue weighted by Gasteiger charge is 2.17. The lowest BCUT2D eigenvalue weighted by atomic mass is 10.2. The third kappa shape index (κ3) is 2.56. The molecule has 0 saturated carbocycles. The molecule has 0 aliphatic carbocycles.